The van der Waals surface area contributed by atoms with E-state index in [9.17, 15) is 14.7 Å². The van der Waals surface area contributed by atoms with E-state index in [1.165, 1.54) is 0 Å². The van der Waals surface area contributed by atoms with Gasteiger partial charge in [-0.1, -0.05) is 36.8 Å². The Morgan fingerprint density at radius 1 is 1.27 bits per heavy atom. The van der Waals surface area contributed by atoms with Gasteiger partial charge in [-0.05, 0) is 18.4 Å². The van der Waals surface area contributed by atoms with Crippen molar-refractivity contribution in [1.82, 2.24) is 4.90 Å². The maximum Gasteiger partial charge on any atom is 0.310 e. The summed E-state index contributed by atoms with van der Waals surface area (Å²) >= 11 is 0. The van der Waals surface area contributed by atoms with Gasteiger partial charge in [0, 0.05) is 13.0 Å². The molecule has 0 radical (unpaired) electrons. The van der Waals surface area contributed by atoms with Gasteiger partial charge in [-0.3, -0.25) is 9.59 Å². The molecule has 22 heavy (non-hydrogen) atoms. The standard InChI is InChI=1S/C17H21NO4/c19-15(11-17(16(20)21)7-4-8-17)18-9-10-22-14(12-18)13-5-2-1-3-6-13/h1-3,5-6,14H,4,7-12H2,(H,20,21). The minimum absolute atomic E-state index is 0.0636. The van der Waals surface area contributed by atoms with E-state index >= 15 is 0 Å². The number of ether oxygens (including phenoxy) is 1. The van der Waals surface area contributed by atoms with Crippen LogP contribution >= 0.6 is 0 Å². The number of benzene rings is 1. The number of carbonyl (C=O) groups is 2. The summed E-state index contributed by atoms with van der Waals surface area (Å²) in [7, 11) is 0. The van der Waals surface area contributed by atoms with Gasteiger partial charge < -0.3 is 14.7 Å². The Kier molecular flexibility index (Phi) is 4.16. The van der Waals surface area contributed by atoms with E-state index in [2.05, 4.69) is 0 Å². The fourth-order valence-corrected chi connectivity index (χ4v) is 3.22. The molecule has 1 aliphatic carbocycles. The molecule has 3 rings (SSSR count). The highest BCUT2D eigenvalue weighted by atomic mass is 16.5. The highest BCUT2D eigenvalue weighted by molar-refractivity contribution is 5.85. The van der Waals surface area contributed by atoms with Crippen LogP contribution in [0.5, 0.6) is 0 Å². The van der Waals surface area contributed by atoms with E-state index in [1.807, 2.05) is 30.3 Å². The molecule has 1 amide bonds. The first-order chi connectivity index (χ1) is 10.6. The summed E-state index contributed by atoms with van der Waals surface area (Å²) in [6.45, 7) is 1.53. The molecule has 1 aliphatic heterocycles. The van der Waals surface area contributed by atoms with Gasteiger partial charge in [0.15, 0.2) is 0 Å². The average Bonchev–Trinajstić information content (AvgIpc) is 2.51. The summed E-state index contributed by atoms with van der Waals surface area (Å²) in [6, 6.07) is 9.83. The first kappa shape index (κ1) is 15.0. The molecule has 2 fully saturated rings. The van der Waals surface area contributed by atoms with E-state index in [1.54, 1.807) is 4.90 Å². The second-order valence-corrected chi connectivity index (χ2v) is 6.23. The Bertz CT molecular complexity index is 553. The number of hydrogen-bond acceptors (Lipinski definition) is 3. The van der Waals surface area contributed by atoms with Crippen LogP contribution in [0.25, 0.3) is 0 Å². The predicted molar refractivity (Wildman–Crippen MR) is 80.3 cm³/mol. The maximum atomic E-state index is 12.5. The Hall–Kier alpha value is -1.88. The molecule has 1 unspecified atom stereocenters. The molecule has 5 nitrogen and oxygen atoms in total. The monoisotopic (exact) mass is 303 g/mol. The van der Waals surface area contributed by atoms with Gasteiger partial charge in [0.2, 0.25) is 5.91 Å². The van der Waals surface area contributed by atoms with Gasteiger partial charge in [0.05, 0.1) is 18.6 Å². The highest BCUT2D eigenvalue weighted by Crippen LogP contribution is 2.44. The predicted octanol–water partition coefficient (Wildman–Crippen LogP) is 2.23. The van der Waals surface area contributed by atoms with Gasteiger partial charge in [0.1, 0.15) is 6.10 Å². The van der Waals surface area contributed by atoms with Gasteiger partial charge in [-0.15, -0.1) is 0 Å². The van der Waals surface area contributed by atoms with Crippen LogP contribution in [0.15, 0.2) is 30.3 Å². The molecule has 2 aliphatic rings. The molecule has 1 saturated heterocycles. The van der Waals surface area contributed by atoms with Gasteiger partial charge in [-0.2, -0.15) is 0 Å². The lowest BCUT2D eigenvalue weighted by molar-refractivity contribution is -0.161. The van der Waals surface area contributed by atoms with E-state index in [4.69, 9.17) is 4.74 Å². The molecule has 1 saturated carbocycles. The van der Waals surface area contributed by atoms with Crippen LogP contribution in [0, 0.1) is 5.41 Å². The third-order valence-electron chi connectivity index (χ3n) is 4.84. The number of nitrogens with zero attached hydrogens (tertiary/aromatic N) is 1. The summed E-state index contributed by atoms with van der Waals surface area (Å²) in [5, 5.41) is 9.37. The van der Waals surface area contributed by atoms with Crippen LogP contribution in [0.3, 0.4) is 0 Å². The number of rotatable bonds is 4. The summed E-state index contributed by atoms with van der Waals surface area (Å²) in [5.41, 5.74) is 0.231. The molecule has 0 spiro atoms. The quantitative estimate of drug-likeness (QED) is 0.926. The molecule has 118 valence electrons. The topological polar surface area (TPSA) is 66.8 Å². The summed E-state index contributed by atoms with van der Waals surface area (Å²) in [4.78, 5) is 25.7. The third kappa shape index (κ3) is 2.86. The second kappa shape index (κ2) is 6.08. The van der Waals surface area contributed by atoms with Crippen molar-refractivity contribution in [2.24, 2.45) is 5.41 Å². The Morgan fingerprint density at radius 2 is 2.00 bits per heavy atom. The van der Waals surface area contributed by atoms with Crippen molar-refractivity contribution < 1.29 is 19.4 Å². The SMILES string of the molecule is O=C(CC1(C(=O)O)CCC1)N1CCOC(c2ccccc2)C1. The van der Waals surface area contributed by atoms with Gasteiger partial charge in [0.25, 0.3) is 0 Å². The lowest BCUT2D eigenvalue weighted by atomic mass is 9.66. The number of amides is 1. The van der Waals surface area contributed by atoms with Crippen LogP contribution in [0.1, 0.15) is 37.4 Å². The van der Waals surface area contributed by atoms with Crippen LogP contribution in [-0.2, 0) is 14.3 Å². The van der Waals surface area contributed by atoms with Gasteiger partial charge in [-0.25, -0.2) is 0 Å². The molecule has 1 aromatic carbocycles. The fraction of sp³-hybridized carbons (Fsp3) is 0.529. The third-order valence-corrected chi connectivity index (χ3v) is 4.84. The summed E-state index contributed by atoms with van der Waals surface area (Å²) in [6.07, 6.45) is 2.11. The largest absolute Gasteiger partial charge is 0.481 e. The van der Waals surface area contributed by atoms with Crippen molar-refractivity contribution in [3.8, 4) is 0 Å². The zero-order chi connectivity index (χ0) is 15.6. The molecule has 1 aromatic rings. The molecule has 0 aromatic heterocycles. The Balaban J connectivity index is 1.64. The number of aliphatic carboxylic acids is 1. The number of carboxylic acid groups (broad SMARTS) is 1. The number of hydrogen-bond donors (Lipinski definition) is 1. The van der Waals surface area contributed by atoms with E-state index in [0.717, 1.165) is 12.0 Å². The summed E-state index contributed by atoms with van der Waals surface area (Å²) in [5.74, 6) is -0.897. The van der Waals surface area contributed by atoms with Crippen molar-refractivity contribution in [3.63, 3.8) is 0 Å². The molecule has 1 heterocycles. The minimum atomic E-state index is -0.833. The molecular formula is C17H21NO4. The molecule has 1 N–H and O–H groups in total. The van der Waals surface area contributed by atoms with Crippen LogP contribution in [0.2, 0.25) is 0 Å². The van der Waals surface area contributed by atoms with Gasteiger partial charge >= 0.3 is 5.97 Å². The van der Waals surface area contributed by atoms with E-state index < -0.39 is 11.4 Å². The van der Waals surface area contributed by atoms with E-state index in [-0.39, 0.29) is 18.4 Å². The minimum Gasteiger partial charge on any atom is -0.481 e. The number of morpholine rings is 1. The summed E-state index contributed by atoms with van der Waals surface area (Å²) < 4.78 is 5.75. The normalized spacial score (nSPS) is 23.6. The number of carboxylic acids is 1. The molecule has 5 heteroatoms. The van der Waals surface area contributed by atoms with Crippen LogP contribution in [0.4, 0.5) is 0 Å². The fourth-order valence-electron chi connectivity index (χ4n) is 3.22. The van der Waals surface area contributed by atoms with Crippen LogP contribution < -0.4 is 0 Å². The lowest BCUT2D eigenvalue weighted by Crippen LogP contribution is -2.47. The average molecular weight is 303 g/mol. The van der Waals surface area contributed by atoms with Crippen molar-refractivity contribution in [2.75, 3.05) is 19.7 Å². The number of carbonyl (C=O) groups excluding carboxylic acids is 1. The first-order valence-corrected chi connectivity index (χ1v) is 7.78. The Labute approximate surface area is 129 Å². The first-order valence-electron chi connectivity index (χ1n) is 7.78. The van der Waals surface area contributed by atoms with Crippen LogP contribution in [-0.4, -0.2) is 41.6 Å². The second-order valence-electron chi connectivity index (χ2n) is 6.23. The van der Waals surface area contributed by atoms with Crippen molar-refractivity contribution in [1.29, 1.82) is 0 Å². The Morgan fingerprint density at radius 3 is 2.59 bits per heavy atom. The molecular weight excluding hydrogens is 282 g/mol. The zero-order valence-electron chi connectivity index (χ0n) is 12.5. The highest BCUT2D eigenvalue weighted by Gasteiger charge is 2.46. The molecule has 0 bridgehead atoms. The lowest BCUT2D eigenvalue weighted by Gasteiger charge is -2.40. The zero-order valence-corrected chi connectivity index (χ0v) is 12.5. The van der Waals surface area contributed by atoms with Crippen molar-refractivity contribution in [3.05, 3.63) is 35.9 Å². The molecule has 1 atom stereocenters. The maximum absolute atomic E-state index is 12.5. The van der Waals surface area contributed by atoms with Crippen molar-refractivity contribution in [2.45, 2.75) is 31.8 Å². The van der Waals surface area contributed by atoms with Crippen molar-refractivity contribution >= 4 is 11.9 Å². The van der Waals surface area contributed by atoms with E-state index in [0.29, 0.717) is 32.5 Å². The smallest absolute Gasteiger partial charge is 0.310 e.